The molecule has 0 amide bonds. The number of H-pyrrole nitrogens is 1. The Labute approximate surface area is 156 Å². The summed E-state index contributed by atoms with van der Waals surface area (Å²) >= 11 is 0. The number of rotatable bonds is 3. The fraction of sp³-hybridized carbons (Fsp3) is 0.556. The van der Waals surface area contributed by atoms with Gasteiger partial charge in [-0.05, 0) is 27.7 Å². The zero-order valence-corrected chi connectivity index (χ0v) is 16.7. The lowest BCUT2D eigenvalue weighted by Gasteiger charge is -2.20. The summed E-state index contributed by atoms with van der Waals surface area (Å²) in [6, 6.07) is 0. The molecule has 0 atom stereocenters. The lowest BCUT2D eigenvalue weighted by molar-refractivity contribution is 0.00614. The molecule has 2 aromatic heterocycles. The van der Waals surface area contributed by atoms with Crippen LogP contribution in [-0.4, -0.2) is 38.7 Å². The molecule has 0 bridgehead atoms. The van der Waals surface area contributed by atoms with Crippen LogP contribution in [-0.2, 0) is 14.9 Å². The molecule has 2 heterocycles. The van der Waals surface area contributed by atoms with E-state index in [2.05, 4.69) is 10.1 Å². The van der Waals surface area contributed by atoms with E-state index in [0.29, 0.717) is 0 Å². The van der Waals surface area contributed by atoms with Crippen molar-refractivity contribution in [3.8, 4) is 0 Å². The molecule has 0 fully saturated rings. The largest absolute Gasteiger partial charge is 0.462 e. The number of carbonyl (C=O) groups is 2. The van der Waals surface area contributed by atoms with Gasteiger partial charge >= 0.3 is 11.9 Å². The van der Waals surface area contributed by atoms with Gasteiger partial charge in [-0.1, -0.05) is 20.8 Å². The first-order valence-corrected chi connectivity index (χ1v) is 8.63. The highest BCUT2D eigenvalue weighted by Gasteiger charge is 2.32. The molecule has 27 heavy (non-hydrogen) atoms. The third-order valence-electron chi connectivity index (χ3n) is 3.61. The molecule has 0 unspecified atom stereocenters. The third-order valence-corrected chi connectivity index (χ3v) is 3.61. The summed E-state index contributed by atoms with van der Waals surface area (Å²) < 4.78 is 11.6. The Morgan fingerprint density at radius 2 is 1.74 bits per heavy atom. The van der Waals surface area contributed by atoms with Crippen molar-refractivity contribution >= 4 is 23.3 Å². The van der Waals surface area contributed by atoms with Crippen molar-refractivity contribution in [2.75, 3.05) is 12.3 Å². The van der Waals surface area contributed by atoms with Gasteiger partial charge in [-0.15, -0.1) is 0 Å². The predicted octanol–water partition coefficient (Wildman–Crippen LogP) is 2.03. The molecule has 0 aromatic carbocycles. The van der Waals surface area contributed by atoms with Gasteiger partial charge in [-0.25, -0.2) is 14.1 Å². The second-order valence-corrected chi connectivity index (χ2v) is 8.17. The maximum Gasteiger partial charge on any atom is 0.359 e. The van der Waals surface area contributed by atoms with Crippen LogP contribution in [0.15, 0.2) is 4.79 Å². The van der Waals surface area contributed by atoms with Gasteiger partial charge in [0.05, 0.1) is 12.3 Å². The molecule has 0 saturated carbocycles. The predicted molar refractivity (Wildman–Crippen MR) is 100 cm³/mol. The van der Waals surface area contributed by atoms with E-state index in [1.165, 1.54) is 0 Å². The number of ether oxygens (including phenoxy) is 2. The Hall–Kier alpha value is -2.84. The van der Waals surface area contributed by atoms with Gasteiger partial charge < -0.3 is 20.2 Å². The molecule has 0 radical (unpaired) electrons. The van der Waals surface area contributed by atoms with Crippen LogP contribution in [0.3, 0.4) is 0 Å². The van der Waals surface area contributed by atoms with E-state index < -0.39 is 28.5 Å². The van der Waals surface area contributed by atoms with E-state index in [0.717, 1.165) is 4.52 Å². The zero-order valence-electron chi connectivity index (χ0n) is 16.7. The molecule has 2 rings (SSSR count). The minimum atomic E-state index is -0.785. The van der Waals surface area contributed by atoms with Crippen molar-refractivity contribution in [2.45, 2.75) is 59.5 Å². The minimum Gasteiger partial charge on any atom is -0.462 e. The van der Waals surface area contributed by atoms with Crippen molar-refractivity contribution in [3.05, 3.63) is 27.3 Å². The summed E-state index contributed by atoms with van der Waals surface area (Å²) in [5.41, 5.74) is 3.99. The van der Waals surface area contributed by atoms with Crippen molar-refractivity contribution in [1.29, 1.82) is 0 Å². The fourth-order valence-electron chi connectivity index (χ4n) is 2.53. The van der Waals surface area contributed by atoms with Gasteiger partial charge in [0.2, 0.25) is 0 Å². The first-order valence-electron chi connectivity index (χ1n) is 8.63. The standard InChI is InChI=1S/C18H26N4O5/c1-8-26-15(24)9-10(19)11(16(25)27-18(5,6)7)22-13(9)20-14(23)12(21-22)17(2,3)4/h8,19H2,1-7H3,(H,20,23). The molecule has 9 heteroatoms. The average Bonchev–Trinajstić information content (AvgIpc) is 2.74. The molecule has 0 aliphatic heterocycles. The SMILES string of the molecule is CCOC(=O)c1c(N)c(C(=O)OC(C)(C)C)n2nc(C(C)(C)C)c(=O)[nH]c12. The van der Waals surface area contributed by atoms with Crippen LogP contribution in [0.4, 0.5) is 5.69 Å². The first-order chi connectivity index (χ1) is 12.3. The number of aromatic amines is 1. The number of nitrogens with zero attached hydrogens (tertiary/aromatic N) is 2. The summed E-state index contributed by atoms with van der Waals surface area (Å²) in [7, 11) is 0. The highest BCUT2D eigenvalue weighted by Crippen LogP contribution is 2.28. The summed E-state index contributed by atoms with van der Waals surface area (Å²) in [5, 5.41) is 4.31. The van der Waals surface area contributed by atoms with E-state index >= 15 is 0 Å². The number of anilines is 1. The highest BCUT2D eigenvalue weighted by atomic mass is 16.6. The number of nitrogens with two attached hydrogens (primary N) is 1. The number of esters is 2. The third kappa shape index (κ3) is 3.96. The quantitative estimate of drug-likeness (QED) is 0.782. The Bertz CT molecular complexity index is 957. The monoisotopic (exact) mass is 378 g/mol. The van der Waals surface area contributed by atoms with Gasteiger partial charge in [-0.2, -0.15) is 5.10 Å². The lowest BCUT2D eigenvalue weighted by atomic mass is 9.93. The normalized spacial score (nSPS) is 12.3. The molecule has 2 aromatic rings. The summed E-state index contributed by atoms with van der Waals surface area (Å²) in [6.07, 6.45) is 0. The number of nitrogen functional groups attached to an aromatic ring is 1. The van der Waals surface area contributed by atoms with E-state index in [1.807, 2.05) is 20.8 Å². The molecule has 0 spiro atoms. The van der Waals surface area contributed by atoms with Crippen LogP contribution in [0.1, 0.15) is 75.0 Å². The number of fused-ring (bicyclic) bond motifs is 1. The van der Waals surface area contributed by atoms with Crippen LogP contribution in [0.5, 0.6) is 0 Å². The first kappa shape index (κ1) is 20.5. The lowest BCUT2D eigenvalue weighted by Crippen LogP contribution is -2.30. The summed E-state index contributed by atoms with van der Waals surface area (Å²) in [5.74, 6) is -1.52. The fourth-order valence-corrected chi connectivity index (χ4v) is 2.53. The van der Waals surface area contributed by atoms with Crippen molar-refractivity contribution in [2.24, 2.45) is 0 Å². The Kier molecular flexibility index (Phi) is 5.09. The van der Waals surface area contributed by atoms with Gasteiger partial charge in [0.15, 0.2) is 11.3 Å². The molecule has 0 aliphatic rings. The van der Waals surface area contributed by atoms with Gasteiger partial charge in [0.25, 0.3) is 5.56 Å². The van der Waals surface area contributed by atoms with Crippen molar-refractivity contribution in [1.82, 2.24) is 14.6 Å². The number of hydrogen-bond donors (Lipinski definition) is 2. The van der Waals surface area contributed by atoms with Gasteiger partial charge in [-0.3, -0.25) is 4.79 Å². The maximum atomic E-state index is 12.7. The van der Waals surface area contributed by atoms with E-state index in [9.17, 15) is 14.4 Å². The van der Waals surface area contributed by atoms with Crippen LogP contribution in [0.2, 0.25) is 0 Å². The molecule has 9 nitrogen and oxygen atoms in total. The maximum absolute atomic E-state index is 12.7. The molecular weight excluding hydrogens is 352 g/mol. The molecular formula is C18H26N4O5. The number of carbonyl (C=O) groups excluding carboxylic acids is 2. The minimum absolute atomic E-state index is 0.00944. The van der Waals surface area contributed by atoms with Crippen molar-refractivity contribution < 1.29 is 19.1 Å². The topological polar surface area (TPSA) is 129 Å². The zero-order chi connectivity index (χ0) is 20.7. The Morgan fingerprint density at radius 3 is 2.22 bits per heavy atom. The van der Waals surface area contributed by atoms with Crippen LogP contribution < -0.4 is 11.3 Å². The smallest absolute Gasteiger partial charge is 0.359 e. The number of nitrogens with one attached hydrogen (secondary N) is 1. The summed E-state index contributed by atoms with van der Waals surface area (Å²) in [6.45, 7) is 12.3. The van der Waals surface area contributed by atoms with Crippen LogP contribution in [0.25, 0.3) is 5.65 Å². The van der Waals surface area contributed by atoms with E-state index in [-0.39, 0.29) is 34.9 Å². The average molecular weight is 378 g/mol. The van der Waals surface area contributed by atoms with Crippen molar-refractivity contribution in [3.63, 3.8) is 0 Å². The number of hydrogen-bond acceptors (Lipinski definition) is 7. The Morgan fingerprint density at radius 1 is 1.15 bits per heavy atom. The molecule has 148 valence electrons. The second kappa shape index (κ2) is 6.71. The number of aromatic nitrogens is 3. The Balaban J connectivity index is 2.87. The van der Waals surface area contributed by atoms with E-state index in [4.69, 9.17) is 15.2 Å². The second-order valence-electron chi connectivity index (χ2n) is 8.17. The molecule has 0 aliphatic carbocycles. The highest BCUT2D eigenvalue weighted by molar-refractivity contribution is 6.08. The van der Waals surface area contributed by atoms with Gasteiger partial charge in [0.1, 0.15) is 16.9 Å². The molecule has 0 saturated heterocycles. The van der Waals surface area contributed by atoms with E-state index in [1.54, 1.807) is 27.7 Å². The van der Waals surface area contributed by atoms with Crippen LogP contribution >= 0.6 is 0 Å². The summed E-state index contributed by atoms with van der Waals surface area (Å²) in [4.78, 5) is 40.2. The van der Waals surface area contributed by atoms with Gasteiger partial charge in [0, 0.05) is 5.41 Å². The molecule has 3 N–H and O–H groups in total. The van der Waals surface area contributed by atoms with Crippen LogP contribution in [0, 0.1) is 0 Å².